The molecule has 116 valence electrons. The molecule has 0 bridgehead atoms. The first-order chi connectivity index (χ1) is 9.62. The van der Waals surface area contributed by atoms with Gasteiger partial charge in [0.15, 0.2) is 0 Å². The van der Waals surface area contributed by atoms with Crippen molar-refractivity contribution >= 4 is 5.91 Å². The van der Waals surface area contributed by atoms with Crippen molar-refractivity contribution in [3.63, 3.8) is 0 Å². The van der Waals surface area contributed by atoms with Crippen molar-refractivity contribution in [3.8, 4) is 0 Å². The van der Waals surface area contributed by atoms with E-state index in [0.717, 1.165) is 44.7 Å². The molecule has 0 aromatic carbocycles. The normalized spacial score (nSPS) is 34.7. The molecule has 1 amide bonds. The van der Waals surface area contributed by atoms with E-state index >= 15 is 0 Å². The highest BCUT2D eigenvalue weighted by Crippen LogP contribution is 2.38. The molecular formula is C16H31N3O. The van der Waals surface area contributed by atoms with Crippen molar-refractivity contribution in [2.24, 2.45) is 17.6 Å². The van der Waals surface area contributed by atoms with Gasteiger partial charge in [0.25, 0.3) is 0 Å². The highest BCUT2D eigenvalue weighted by atomic mass is 16.1. The zero-order valence-corrected chi connectivity index (χ0v) is 13.2. The van der Waals surface area contributed by atoms with Gasteiger partial charge in [-0.25, -0.2) is 0 Å². The monoisotopic (exact) mass is 281 g/mol. The van der Waals surface area contributed by atoms with Crippen molar-refractivity contribution in [1.82, 2.24) is 10.2 Å². The van der Waals surface area contributed by atoms with Gasteiger partial charge in [-0.05, 0) is 57.2 Å². The van der Waals surface area contributed by atoms with E-state index in [1.165, 1.54) is 25.9 Å². The summed E-state index contributed by atoms with van der Waals surface area (Å²) in [5, 5.41) is 3.41. The Morgan fingerprint density at radius 3 is 2.80 bits per heavy atom. The van der Waals surface area contributed by atoms with Crippen LogP contribution in [-0.2, 0) is 4.79 Å². The van der Waals surface area contributed by atoms with Crippen LogP contribution in [-0.4, -0.2) is 42.5 Å². The molecule has 1 aliphatic heterocycles. The number of rotatable bonds is 7. The van der Waals surface area contributed by atoms with E-state index in [9.17, 15) is 4.79 Å². The topological polar surface area (TPSA) is 58.4 Å². The average molecular weight is 281 g/mol. The van der Waals surface area contributed by atoms with Gasteiger partial charge in [0.1, 0.15) is 5.54 Å². The second-order valence-corrected chi connectivity index (χ2v) is 6.61. The van der Waals surface area contributed by atoms with Crippen molar-refractivity contribution in [2.45, 2.75) is 57.9 Å². The summed E-state index contributed by atoms with van der Waals surface area (Å²) < 4.78 is 0. The summed E-state index contributed by atoms with van der Waals surface area (Å²) in [6.45, 7) is 8.77. The van der Waals surface area contributed by atoms with Crippen LogP contribution in [0.1, 0.15) is 52.4 Å². The molecule has 1 aliphatic carbocycles. The number of nitrogens with one attached hydrogen (secondary N) is 1. The lowest BCUT2D eigenvalue weighted by Crippen LogP contribution is -2.58. The van der Waals surface area contributed by atoms with Crippen LogP contribution in [0.4, 0.5) is 0 Å². The fourth-order valence-corrected chi connectivity index (χ4v) is 4.22. The smallest absolute Gasteiger partial charge is 0.238 e. The van der Waals surface area contributed by atoms with E-state index in [2.05, 4.69) is 24.1 Å². The largest absolute Gasteiger partial charge is 0.368 e. The minimum atomic E-state index is -0.432. The zero-order chi connectivity index (χ0) is 14.6. The van der Waals surface area contributed by atoms with Gasteiger partial charge in [0.05, 0.1) is 0 Å². The Balaban J connectivity index is 1.89. The Bertz CT molecular complexity index is 334. The quantitative estimate of drug-likeness (QED) is 0.747. The summed E-state index contributed by atoms with van der Waals surface area (Å²) in [6.07, 6.45) is 6.92. The van der Waals surface area contributed by atoms with E-state index in [1.54, 1.807) is 0 Å². The van der Waals surface area contributed by atoms with Crippen LogP contribution in [0.2, 0.25) is 0 Å². The van der Waals surface area contributed by atoms with Crippen LogP contribution in [0.25, 0.3) is 0 Å². The molecule has 3 N–H and O–H groups in total. The van der Waals surface area contributed by atoms with Crippen LogP contribution >= 0.6 is 0 Å². The van der Waals surface area contributed by atoms with Crippen LogP contribution in [0.3, 0.4) is 0 Å². The Morgan fingerprint density at radius 1 is 1.40 bits per heavy atom. The summed E-state index contributed by atoms with van der Waals surface area (Å²) >= 11 is 0. The number of primary amides is 1. The maximum atomic E-state index is 12.0. The third kappa shape index (κ3) is 3.17. The Hall–Kier alpha value is -0.610. The number of nitrogens with zero attached hydrogens (tertiary/aromatic N) is 1. The number of likely N-dealkylation sites (tertiary alicyclic amines) is 1. The fourth-order valence-electron chi connectivity index (χ4n) is 4.22. The lowest BCUT2D eigenvalue weighted by atomic mass is 9.83. The first-order valence-corrected chi connectivity index (χ1v) is 8.39. The van der Waals surface area contributed by atoms with Gasteiger partial charge < -0.3 is 16.0 Å². The molecule has 4 nitrogen and oxygen atoms in total. The van der Waals surface area contributed by atoms with E-state index < -0.39 is 5.54 Å². The molecule has 3 atom stereocenters. The molecule has 0 spiro atoms. The van der Waals surface area contributed by atoms with Gasteiger partial charge in [0.2, 0.25) is 5.91 Å². The molecule has 3 unspecified atom stereocenters. The number of hydrogen-bond acceptors (Lipinski definition) is 3. The van der Waals surface area contributed by atoms with E-state index in [4.69, 9.17) is 5.73 Å². The van der Waals surface area contributed by atoms with Gasteiger partial charge in [-0.2, -0.15) is 0 Å². The molecular weight excluding hydrogens is 250 g/mol. The molecule has 4 heteroatoms. The zero-order valence-electron chi connectivity index (χ0n) is 13.2. The second kappa shape index (κ2) is 6.90. The van der Waals surface area contributed by atoms with Gasteiger partial charge in [-0.3, -0.25) is 4.79 Å². The number of carbonyl (C=O) groups excluding carboxylic acids is 1. The molecule has 2 fully saturated rings. The molecule has 2 rings (SSSR count). The summed E-state index contributed by atoms with van der Waals surface area (Å²) in [5.41, 5.74) is 5.29. The summed E-state index contributed by atoms with van der Waals surface area (Å²) in [6, 6.07) is 0. The van der Waals surface area contributed by atoms with E-state index in [1.807, 2.05) is 0 Å². The Morgan fingerprint density at radius 2 is 2.20 bits per heavy atom. The Kier molecular flexibility index (Phi) is 5.44. The predicted octanol–water partition coefficient (Wildman–Crippen LogP) is 1.74. The second-order valence-electron chi connectivity index (χ2n) is 6.61. The molecule has 0 aromatic rings. The third-order valence-corrected chi connectivity index (χ3v) is 5.49. The van der Waals surface area contributed by atoms with Crippen LogP contribution in [0.5, 0.6) is 0 Å². The fraction of sp³-hybridized carbons (Fsp3) is 0.938. The number of carbonyl (C=O) groups is 1. The van der Waals surface area contributed by atoms with E-state index in [-0.39, 0.29) is 5.91 Å². The highest BCUT2D eigenvalue weighted by molar-refractivity contribution is 5.85. The predicted molar refractivity (Wildman–Crippen MR) is 82.4 cm³/mol. The standard InChI is InChI=1S/C16H31N3O/c1-3-13-7-10-19(12-13)11-8-14-6-5-9-16(14,15(17)20)18-4-2/h13-14,18H,3-12H2,1-2H3,(H2,17,20). The van der Waals surface area contributed by atoms with Crippen molar-refractivity contribution in [2.75, 3.05) is 26.2 Å². The van der Waals surface area contributed by atoms with Crippen LogP contribution in [0, 0.1) is 11.8 Å². The number of likely N-dealkylation sites (N-methyl/N-ethyl adjacent to an activating group) is 1. The maximum Gasteiger partial charge on any atom is 0.238 e. The number of hydrogen-bond donors (Lipinski definition) is 2. The SMILES string of the molecule is CCNC1(C(N)=O)CCCC1CCN1CCC(CC)C1. The first kappa shape index (κ1) is 15.8. The summed E-state index contributed by atoms with van der Waals surface area (Å²) in [4.78, 5) is 14.5. The lowest BCUT2D eigenvalue weighted by Gasteiger charge is -2.34. The van der Waals surface area contributed by atoms with Crippen molar-refractivity contribution in [1.29, 1.82) is 0 Å². The number of nitrogens with two attached hydrogens (primary N) is 1. The molecule has 1 saturated carbocycles. The van der Waals surface area contributed by atoms with Crippen LogP contribution < -0.4 is 11.1 Å². The van der Waals surface area contributed by atoms with Gasteiger partial charge in [-0.15, -0.1) is 0 Å². The lowest BCUT2D eigenvalue weighted by molar-refractivity contribution is -0.126. The molecule has 0 radical (unpaired) electrons. The molecule has 0 aromatic heterocycles. The number of amides is 1. The van der Waals surface area contributed by atoms with E-state index in [0.29, 0.717) is 5.92 Å². The average Bonchev–Trinajstić information content (AvgIpc) is 3.04. The molecule has 2 aliphatic rings. The Labute approximate surface area is 123 Å². The third-order valence-electron chi connectivity index (χ3n) is 5.49. The summed E-state index contributed by atoms with van der Waals surface area (Å²) in [7, 11) is 0. The van der Waals surface area contributed by atoms with Gasteiger partial charge in [0, 0.05) is 6.54 Å². The summed E-state index contributed by atoms with van der Waals surface area (Å²) in [5.74, 6) is 1.16. The van der Waals surface area contributed by atoms with Gasteiger partial charge >= 0.3 is 0 Å². The minimum Gasteiger partial charge on any atom is -0.368 e. The van der Waals surface area contributed by atoms with Gasteiger partial charge in [-0.1, -0.05) is 26.7 Å². The maximum absolute atomic E-state index is 12.0. The highest BCUT2D eigenvalue weighted by Gasteiger charge is 2.46. The van der Waals surface area contributed by atoms with Crippen molar-refractivity contribution < 1.29 is 4.79 Å². The molecule has 1 heterocycles. The van der Waals surface area contributed by atoms with Crippen LogP contribution in [0.15, 0.2) is 0 Å². The molecule has 20 heavy (non-hydrogen) atoms. The first-order valence-electron chi connectivity index (χ1n) is 8.39. The molecule has 1 saturated heterocycles. The van der Waals surface area contributed by atoms with Crippen molar-refractivity contribution in [3.05, 3.63) is 0 Å². The minimum absolute atomic E-state index is 0.144.